The fraction of sp³-hybridized carbons (Fsp3) is 0.355. The van der Waals surface area contributed by atoms with Crippen molar-refractivity contribution in [3.05, 3.63) is 87.9 Å². The van der Waals surface area contributed by atoms with E-state index in [4.69, 9.17) is 27.9 Å². The van der Waals surface area contributed by atoms with Gasteiger partial charge in [0.25, 0.3) is 10.0 Å². The highest BCUT2D eigenvalue weighted by Crippen LogP contribution is 2.28. The molecule has 0 aromatic heterocycles. The number of hydrogen-bond acceptors (Lipinski definition) is 5. The van der Waals surface area contributed by atoms with Crippen molar-refractivity contribution in [2.75, 3.05) is 18.0 Å². The predicted octanol–water partition coefficient (Wildman–Crippen LogP) is 5.98. The van der Waals surface area contributed by atoms with Crippen LogP contribution >= 0.6 is 23.2 Å². The minimum Gasteiger partial charge on any atom is -0.497 e. The fourth-order valence-corrected chi connectivity index (χ4v) is 6.66. The molecule has 0 bridgehead atoms. The number of rotatable bonds is 11. The Kier molecular flexibility index (Phi) is 10.4. The number of anilines is 1. The van der Waals surface area contributed by atoms with Gasteiger partial charge < -0.3 is 15.0 Å². The summed E-state index contributed by atoms with van der Waals surface area (Å²) in [7, 11) is -2.69. The molecule has 0 aliphatic heterocycles. The molecule has 0 heterocycles. The number of carbonyl (C=O) groups is 2. The van der Waals surface area contributed by atoms with Gasteiger partial charge in [0.2, 0.25) is 11.8 Å². The van der Waals surface area contributed by atoms with Crippen LogP contribution in [0.15, 0.2) is 71.6 Å². The summed E-state index contributed by atoms with van der Waals surface area (Å²) in [4.78, 5) is 28.8. The van der Waals surface area contributed by atoms with Crippen molar-refractivity contribution in [3.63, 3.8) is 0 Å². The summed E-state index contributed by atoms with van der Waals surface area (Å²) >= 11 is 12.4. The van der Waals surface area contributed by atoms with Gasteiger partial charge in [0, 0.05) is 12.6 Å². The monoisotopic (exact) mass is 631 g/mol. The van der Waals surface area contributed by atoms with Crippen LogP contribution in [0.3, 0.4) is 0 Å². The smallest absolute Gasteiger partial charge is 0.264 e. The van der Waals surface area contributed by atoms with E-state index in [1.807, 2.05) is 6.92 Å². The first-order chi connectivity index (χ1) is 20.0. The Morgan fingerprint density at radius 2 is 1.62 bits per heavy atom. The van der Waals surface area contributed by atoms with Crippen molar-refractivity contribution >= 4 is 50.7 Å². The second kappa shape index (κ2) is 13.8. The molecule has 1 atom stereocenters. The molecule has 11 heteroatoms. The number of carbonyl (C=O) groups excluding carboxylic acids is 2. The third-order valence-corrected chi connectivity index (χ3v) is 9.98. The summed E-state index contributed by atoms with van der Waals surface area (Å²) in [6, 6.07) is 17.0. The molecule has 1 unspecified atom stereocenters. The van der Waals surface area contributed by atoms with Gasteiger partial charge in [-0.05, 0) is 80.8 Å². The van der Waals surface area contributed by atoms with Gasteiger partial charge in [-0.2, -0.15) is 0 Å². The van der Waals surface area contributed by atoms with Crippen LogP contribution in [0.5, 0.6) is 5.75 Å². The highest BCUT2D eigenvalue weighted by atomic mass is 35.5. The third kappa shape index (κ3) is 7.56. The summed E-state index contributed by atoms with van der Waals surface area (Å²) in [5, 5.41) is 3.73. The standard InChI is InChI=1S/C31H35Cl2N3O5S/c1-21-8-11-25(12-9-21)36(42(39,40)27-15-13-26(41-3)14-16-27)20-30(37)35(19-23-10-17-28(32)29(33)18-23)22(2)31(38)34-24-6-4-5-7-24/h8-18,22,24H,4-7,19-20H2,1-3H3,(H,34,38). The number of nitrogens with one attached hydrogen (secondary N) is 1. The molecular formula is C31H35Cl2N3O5S. The average Bonchev–Trinajstić information content (AvgIpc) is 3.49. The van der Waals surface area contributed by atoms with Gasteiger partial charge in [0.05, 0.1) is 27.7 Å². The molecule has 0 radical (unpaired) electrons. The Morgan fingerprint density at radius 1 is 0.976 bits per heavy atom. The van der Waals surface area contributed by atoms with Crippen LogP contribution in [0.1, 0.15) is 43.7 Å². The topological polar surface area (TPSA) is 96.0 Å². The van der Waals surface area contributed by atoms with Crippen molar-refractivity contribution in [1.29, 1.82) is 0 Å². The molecule has 0 saturated heterocycles. The maximum Gasteiger partial charge on any atom is 0.264 e. The van der Waals surface area contributed by atoms with Crippen molar-refractivity contribution in [2.45, 2.75) is 63.1 Å². The molecule has 3 aromatic carbocycles. The molecule has 42 heavy (non-hydrogen) atoms. The number of hydrogen-bond donors (Lipinski definition) is 1. The first-order valence-electron chi connectivity index (χ1n) is 13.8. The van der Waals surface area contributed by atoms with Crippen molar-refractivity contribution in [1.82, 2.24) is 10.2 Å². The molecular weight excluding hydrogens is 597 g/mol. The van der Waals surface area contributed by atoms with Crippen LogP contribution in [0.25, 0.3) is 0 Å². The first-order valence-corrected chi connectivity index (χ1v) is 16.0. The number of benzene rings is 3. The summed E-state index contributed by atoms with van der Waals surface area (Å²) in [5.41, 5.74) is 1.91. The number of methoxy groups -OCH3 is 1. The Labute approximate surface area is 257 Å². The van der Waals surface area contributed by atoms with E-state index in [1.165, 1.54) is 24.1 Å². The molecule has 1 aliphatic rings. The van der Waals surface area contributed by atoms with Crippen LogP contribution in [0.2, 0.25) is 10.0 Å². The quantitative estimate of drug-likeness (QED) is 0.281. The maximum absolute atomic E-state index is 14.1. The van der Waals surface area contributed by atoms with Crippen LogP contribution in [0.4, 0.5) is 5.69 Å². The van der Waals surface area contributed by atoms with Crippen LogP contribution in [-0.2, 0) is 26.2 Å². The first kappa shape index (κ1) is 31.7. The Morgan fingerprint density at radius 3 is 2.21 bits per heavy atom. The normalized spacial score (nSPS) is 14.3. The van der Waals surface area contributed by atoms with Crippen LogP contribution < -0.4 is 14.4 Å². The molecule has 0 spiro atoms. The number of nitrogens with zero attached hydrogens (tertiary/aromatic N) is 2. The largest absolute Gasteiger partial charge is 0.497 e. The van der Waals surface area contributed by atoms with E-state index >= 15 is 0 Å². The zero-order valence-electron chi connectivity index (χ0n) is 23.8. The highest BCUT2D eigenvalue weighted by Gasteiger charge is 2.33. The van der Waals surface area contributed by atoms with E-state index in [0.29, 0.717) is 27.0 Å². The summed E-state index contributed by atoms with van der Waals surface area (Å²) in [6.45, 7) is 3.04. The number of ether oxygens (including phenoxy) is 1. The van der Waals surface area contributed by atoms with E-state index < -0.39 is 28.5 Å². The van der Waals surface area contributed by atoms with E-state index in [0.717, 1.165) is 35.6 Å². The van der Waals surface area contributed by atoms with Gasteiger partial charge in [0.1, 0.15) is 18.3 Å². The zero-order valence-corrected chi connectivity index (χ0v) is 26.2. The summed E-state index contributed by atoms with van der Waals surface area (Å²) in [5.74, 6) is -0.343. The molecule has 1 fully saturated rings. The van der Waals surface area contributed by atoms with Crippen molar-refractivity contribution in [3.8, 4) is 5.75 Å². The SMILES string of the molecule is COc1ccc(S(=O)(=O)N(CC(=O)N(Cc2ccc(Cl)c(Cl)c2)C(C)C(=O)NC2CCCC2)c2ccc(C)cc2)cc1. The molecule has 1 aliphatic carbocycles. The molecule has 4 rings (SSSR count). The lowest BCUT2D eigenvalue weighted by atomic mass is 10.1. The Bertz CT molecular complexity index is 1510. The lowest BCUT2D eigenvalue weighted by molar-refractivity contribution is -0.139. The Hall–Kier alpha value is -3.27. The number of sulfonamides is 1. The van der Waals surface area contributed by atoms with E-state index in [1.54, 1.807) is 61.5 Å². The van der Waals surface area contributed by atoms with Gasteiger partial charge >= 0.3 is 0 Å². The lowest BCUT2D eigenvalue weighted by Crippen LogP contribution is -2.52. The second-order valence-corrected chi connectivity index (χ2v) is 13.1. The number of halogens is 2. The third-order valence-electron chi connectivity index (χ3n) is 7.45. The van der Waals surface area contributed by atoms with Crippen molar-refractivity contribution < 1.29 is 22.7 Å². The lowest BCUT2D eigenvalue weighted by Gasteiger charge is -2.32. The number of amides is 2. The van der Waals surface area contributed by atoms with E-state index in [2.05, 4.69) is 5.32 Å². The molecule has 1 N–H and O–H groups in total. The van der Waals surface area contributed by atoms with E-state index in [-0.39, 0.29) is 23.4 Å². The predicted molar refractivity (Wildman–Crippen MR) is 166 cm³/mol. The average molecular weight is 633 g/mol. The maximum atomic E-state index is 14.1. The zero-order chi connectivity index (χ0) is 30.4. The fourth-order valence-electron chi connectivity index (χ4n) is 4.92. The molecule has 1 saturated carbocycles. The highest BCUT2D eigenvalue weighted by molar-refractivity contribution is 7.92. The molecule has 3 aromatic rings. The van der Waals surface area contributed by atoms with E-state index in [9.17, 15) is 18.0 Å². The van der Waals surface area contributed by atoms with Crippen LogP contribution in [0, 0.1) is 6.92 Å². The van der Waals surface area contributed by atoms with Crippen LogP contribution in [-0.4, -0.2) is 50.9 Å². The molecule has 224 valence electrons. The minimum absolute atomic E-state index is 0.000247. The minimum atomic E-state index is -4.18. The number of aryl methyl sites for hydroxylation is 1. The second-order valence-electron chi connectivity index (χ2n) is 10.5. The summed E-state index contributed by atoms with van der Waals surface area (Å²) in [6.07, 6.45) is 3.86. The summed E-state index contributed by atoms with van der Waals surface area (Å²) < 4.78 is 34.2. The van der Waals surface area contributed by atoms with Gasteiger partial charge in [0.15, 0.2) is 0 Å². The van der Waals surface area contributed by atoms with Crippen molar-refractivity contribution in [2.24, 2.45) is 0 Å². The molecule has 8 nitrogen and oxygen atoms in total. The van der Waals surface area contributed by atoms with Gasteiger partial charge in [-0.1, -0.05) is 59.8 Å². The Balaban J connectivity index is 1.69. The van der Waals surface area contributed by atoms with Gasteiger partial charge in [-0.15, -0.1) is 0 Å². The van der Waals surface area contributed by atoms with Gasteiger partial charge in [-0.3, -0.25) is 13.9 Å². The van der Waals surface area contributed by atoms with Gasteiger partial charge in [-0.25, -0.2) is 8.42 Å². The molecule has 2 amide bonds.